The molecule has 0 heterocycles. The maximum absolute atomic E-state index is 13.1. The van der Waals surface area contributed by atoms with Gasteiger partial charge in [-0.3, -0.25) is 4.99 Å². The smallest absolute Gasteiger partial charge is 0.407 e. The fraction of sp³-hybridized carbons (Fsp3) is 0.600. The lowest BCUT2D eigenvalue weighted by atomic mass is 9.96. The first kappa shape index (κ1) is 24.5. The van der Waals surface area contributed by atoms with Crippen molar-refractivity contribution in [2.24, 2.45) is 4.99 Å². The van der Waals surface area contributed by atoms with Gasteiger partial charge >= 0.3 is 6.09 Å². The Morgan fingerprint density at radius 3 is 2.29 bits per heavy atom. The van der Waals surface area contributed by atoms with Crippen LogP contribution in [0.5, 0.6) is 0 Å². The van der Waals surface area contributed by atoms with Gasteiger partial charge in [0.25, 0.3) is 0 Å². The van der Waals surface area contributed by atoms with E-state index in [1.807, 2.05) is 32.9 Å². The van der Waals surface area contributed by atoms with Crippen molar-refractivity contribution in [3.8, 4) is 0 Å². The van der Waals surface area contributed by atoms with Crippen molar-refractivity contribution in [3.63, 3.8) is 0 Å². The van der Waals surface area contributed by atoms with Crippen molar-refractivity contribution in [3.05, 3.63) is 35.6 Å². The molecule has 1 amide bonds. The fourth-order valence-corrected chi connectivity index (χ4v) is 2.80. The Morgan fingerprint density at radius 1 is 1.14 bits per heavy atom. The lowest BCUT2D eigenvalue weighted by Gasteiger charge is -2.20. The van der Waals surface area contributed by atoms with Crippen molar-refractivity contribution in [1.82, 2.24) is 16.0 Å². The van der Waals surface area contributed by atoms with E-state index >= 15 is 0 Å². The Balaban J connectivity index is 0.00000392. The van der Waals surface area contributed by atoms with Crippen LogP contribution in [0, 0.1) is 5.82 Å². The van der Waals surface area contributed by atoms with Gasteiger partial charge in [0.15, 0.2) is 5.96 Å². The number of carbonyl (C=O) groups is 1. The largest absolute Gasteiger partial charge is 0.444 e. The molecule has 0 radical (unpaired) electrons. The third kappa shape index (κ3) is 8.20. The quantitative estimate of drug-likeness (QED) is 0.229. The minimum absolute atomic E-state index is 0. The van der Waals surface area contributed by atoms with E-state index in [-0.39, 0.29) is 35.2 Å². The van der Waals surface area contributed by atoms with Gasteiger partial charge in [-0.2, -0.15) is 0 Å². The van der Waals surface area contributed by atoms with Gasteiger partial charge in [0.05, 0.1) is 0 Å². The number of hydrogen-bond donors (Lipinski definition) is 3. The zero-order chi connectivity index (χ0) is 19.9. The van der Waals surface area contributed by atoms with E-state index < -0.39 is 11.7 Å². The highest BCUT2D eigenvalue weighted by molar-refractivity contribution is 14.0. The van der Waals surface area contributed by atoms with Crippen LogP contribution < -0.4 is 16.0 Å². The topological polar surface area (TPSA) is 74.8 Å². The fourth-order valence-electron chi connectivity index (χ4n) is 2.80. The van der Waals surface area contributed by atoms with Crippen molar-refractivity contribution in [1.29, 1.82) is 0 Å². The average molecular weight is 506 g/mol. The van der Waals surface area contributed by atoms with Gasteiger partial charge in [0.1, 0.15) is 11.4 Å². The summed E-state index contributed by atoms with van der Waals surface area (Å²) in [5, 5.41) is 9.32. The lowest BCUT2D eigenvalue weighted by molar-refractivity contribution is 0.0527. The first-order chi connectivity index (χ1) is 12.7. The molecule has 0 saturated heterocycles. The molecule has 0 aromatic heterocycles. The molecule has 0 bridgehead atoms. The number of rotatable bonds is 7. The molecule has 3 N–H and O–H groups in total. The second kappa shape index (κ2) is 10.8. The highest BCUT2D eigenvalue weighted by Crippen LogP contribution is 2.47. The summed E-state index contributed by atoms with van der Waals surface area (Å²) in [6.45, 7) is 7.47. The summed E-state index contributed by atoms with van der Waals surface area (Å²) in [4.78, 5) is 15.8. The summed E-state index contributed by atoms with van der Waals surface area (Å²) in [6.07, 6.45) is 2.52. The van der Waals surface area contributed by atoms with Crippen molar-refractivity contribution < 1.29 is 13.9 Å². The van der Waals surface area contributed by atoms with E-state index in [4.69, 9.17) is 4.74 Å². The third-order valence-corrected chi connectivity index (χ3v) is 4.44. The minimum atomic E-state index is -0.489. The number of guanidine groups is 1. The van der Waals surface area contributed by atoms with Crippen molar-refractivity contribution in [2.45, 2.75) is 51.0 Å². The van der Waals surface area contributed by atoms with E-state index in [0.717, 1.165) is 37.3 Å². The van der Waals surface area contributed by atoms with Crippen LogP contribution in [-0.4, -0.2) is 44.3 Å². The number of ether oxygens (including phenoxy) is 1. The molecule has 8 heteroatoms. The summed E-state index contributed by atoms with van der Waals surface area (Å²) >= 11 is 0. The second-order valence-corrected chi connectivity index (χ2v) is 7.92. The Kier molecular flexibility index (Phi) is 9.46. The number of aliphatic imine (C=N–C) groups is 1. The van der Waals surface area contributed by atoms with E-state index in [2.05, 4.69) is 20.9 Å². The molecule has 1 aromatic rings. The van der Waals surface area contributed by atoms with Gasteiger partial charge in [-0.25, -0.2) is 9.18 Å². The molecular formula is C20H32FIN4O2. The number of nitrogens with zero attached hydrogens (tertiary/aromatic N) is 1. The minimum Gasteiger partial charge on any atom is -0.444 e. The Morgan fingerprint density at radius 2 is 1.75 bits per heavy atom. The van der Waals surface area contributed by atoms with Crippen LogP contribution in [0.15, 0.2) is 29.3 Å². The summed E-state index contributed by atoms with van der Waals surface area (Å²) in [6, 6.07) is 6.76. The number of hydrogen-bond acceptors (Lipinski definition) is 3. The van der Waals surface area contributed by atoms with Crippen molar-refractivity contribution >= 4 is 36.0 Å². The van der Waals surface area contributed by atoms with Crippen molar-refractivity contribution in [2.75, 3.05) is 26.7 Å². The highest BCUT2D eigenvalue weighted by atomic mass is 127. The molecule has 28 heavy (non-hydrogen) atoms. The van der Waals surface area contributed by atoms with Crippen LogP contribution in [0.2, 0.25) is 0 Å². The first-order valence-electron chi connectivity index (χ1n) is 9.41. The maximum atomic E-state index is 13.1. The van der Waals surface area contributed by atoms with Crippen LogP contribution in [0.1, 0.15) is 45.6 Å². The monoisotopic (exact) mass is 506 g/mol. The second-order valence-electron chi connectivity index (χ2n) is 7.92. The molecule has 1 fully saturated rings. The Hall–Kier alpha value is -1.58. The summed E-state index contributed by atoms with van der Waals surface area (Å²) in [5.41, 5.74) is 0.745. The lowest BCUT2D eigenvalue weighted by Crippen LogP contribution is -2.42. The Labute approximate surface area is 184 Å². The molecule has 1 aliphatic carbocycles. The van der Waals surface area contributed by atoms with Gasteiger partial charge in [-0.1, -0.05) is 12.1 Å². The number of nitrogens with one attached hydrogen (secondary N) is 3. The number of carbonyl (C=O) groups excluding carboxylic acids is 1. The molecule has 0 spiro atoms. The number of alkyl carbamates (subject to hydrolysis) is 1. The summed E-state index contributed by atoms with van der Waals surface area (Å²) < 4.78 is 18.3. The summed E-state index contributed by atoms with van der Waals surface area (Å²) in [7, 11) is 1.73. The van der Waals surface area contributed by atoms with Crippen LogP contribution in [0.3, 0.4) is 0 Å². The number of halogens is 2. The van der Waals surface area contributed by atoms with E-state index in [1.165, 1.54) is 12.1 Å². The molecule has 0 unspecified atom stereocenters. The van der Waals surface area contributed by atoms with Gasteiger partial charge in [-0.05, 0) is 57.7 Å². The predicted molar refractivity (Wildman–Crippen MR) is 121 cm³/mol. The van der Waals surface area contributed by atoms with Crippen LogP contribution in [0.4, 0.5) is 9.18 Å². The van der Waals surface area contributed by atoms with Gasteiger partial charge in [0, 0.05) is 32.1 Å². The standard InChI is InChI=1S/C20H31FN4O2.HI/c1-19(2,3)27-18(26)24-13-5-12-23-17(22-4)25-14-20(10-11-20)15-6-8-16(21)9-7-15;/h6-9H,5,10-14H2,1-4H3,(H,24,26)(H2,22,23,25);1H. The Bertz CT molecular complexity index is 655. The van der Waals surface area contributed by atoms with Gasteiger partial charge < -0.3 is 20.7 Å². The number of benzene rings is 1. The van der Waals surface area contributed by atoms with Crippen LogP contribution in [-0.2, 0) is 10.2 Å². The maximum Gasteiger partial charge on any atom is 0.407 e. The third-order valence-electron chi connectivity index (χ3n) is 4.44. The SMILES string of the molecule is CN=C(NCCCNC(=O)OC(C)(C)C)NCC1(c2ccc(F)cc2)CC1.I. The number of amides is 1. The molecule has 1 aromatic carbocycles. The molecule has 1 aliphatic rings. The van der Waals surface area contributed by atoms with E-state index in [9.17, 15) is 9.18 Å². The molecule has 0 atom stereocenters. The molecule has 0 aliphatic heterocycles. The van der Waals surface area contributed by atoms with Crippen LogP contribution in [0.25, 0.3) is 0 Å². The zero-order valence-corrected chi connectivity index (χ0v) is 19.4. The summed E-state index contributed by atoms with van der Waals surface area (Å²) in [5.74, 6) is 0.514. The molecule has 1 saturated carbocycles. The molecule has 6 nitrogen and oxygen atoms in total. The van der Waals surface area contributed by atoms with Gasteiger partial charge in [-0.15, -0.1) is 24.0 Å². The molecule has 158 valence electrons. The normalized spacial score (nSPS) is 15.2. The first-order valence-corrected chi connectivity index (χ1v) is 9.41. The predicted octanol–water partition coefficient (Wildman–Crippen LogP) is 3.56. The van der Waals surface area contributed by atoms with Crippen LogP contribution >= 0.6 is 24.0 Å². The van der Waals surface area contributed by atoms with Gasteiger partial charge in [0.2, 0.25) is 0 Å². The molecule has 2 rings (SSSR count). The van der Waals surface area contributed by atoms with E-state index in [1.54, 1.807) is 7.05 Å². The highest BCUT2D eigenvalue weighted by Gasteiger charge is 2.44. The average Bonchev–Trinajstić information content (AvgIpc) is 3.37. The molecular weight excluding hydrogens is 474 g/mol. The zero-order valence-electron chi connectivity index (χ0n) is 17.1. The van der Waals surface area contributed by atoms with E-state index in [0.29, 0.717) is 13.1 Å².